The Balaban J connectivity index is 2.12. The molecule has 0 radical (unpaired) electrons. The third-order valence-electron chi connectivity index (χ3n) is 6.94. The van der Waals surface area contributed by atoms with E-state index in [-0.39, 0.29) is 12.0 Å². The number of aliphatic imine (C=N–C) groups is 1. The second kappa shape index (κ2) is 14.6. The minimum atomic E-state index is -0.973. The van der Waals surface area contributed by atoms with Crippen molar-refractivity contribution < 1.29 is 14.3 Å². The average molecular weight is 504 g/mol. The molecule has 4 nitrogen and oxygen atoms in total. The zero-order chi connectivity index (χ0) is 25.6. The van der Waals surface area contributed by atoms with Crippen molar-refractivity contribution in [1.82, 2.24) is 0 Å². The summed E-state index contributed by atoms with van der Waals surface area (Å²) in [5, 5.41) is 0. The van der Waals surface area contributed by atoms with Crippen molar-refractivity contribution in [2.45, 2.75) is 56.1 Å². The lowest BCUT2D eigenvalue weighted by molar-refractivity contribution is 0.0727. The lowest BCUT2D eigenvalue weighted by Crippen LogP contribution is -2.36. The molecule has 3 atom stereocenters. The monoisotopic (exact) mass is 503 g/mol. The molecule has 36 heavy (non-hydrogen) atoms. The van der Waals surface area contributed by atoms with Crippen LogP contribution in [0.1, 0.15) is 61.1 Å². The molecule has 0 fully saturated rings. The van der Waals surface area contributed by atoms with Crippen molar-refractivity contribution in [3.63, 3.8) is 0 Å². The van der Waals surface area contributed by atoms with Gasteiger partial charge in [-0.3, -0.25) is 0 Å². The van der Waals surface area contributed by atoms with Gasteiger partial charge in [-0.1, -0.05) is 92.1 Å². The summed E-state index contributed by atoms with van der Waals surface area (Å²) >= 11 is 4.33. The molecule has 3 rings (SSSR count). The zero-order valence-electron chi connectivity index (χ0n) is 21.3. The maximum atomic E-state index is 12.1. The summed E-state index contributed by atoms with van der Waals surface area (Å²) in [4.78, 5) is 16.7. The van der Waals surface area contributed by atoms with Crippen LogP contribution >= 0.6 is 12.6 Å². The highest BCUT2D eigenvalue weighted by atomic mass is 32.1. The van der Waals surface area contributed by atoms with Crippen molar-refractivity contribution >= 4 is 18.7 Å². The molecule has 0 N–H and O–H groups in total. The minimum Gasteiger partial charge on any atom is -0.497 e. The van der Waals surface area contributed by atoms with Crippen LogP contribution in [0.5, 0.6) is 5.75 Å². The van der Waals surface area contributed by atoms with Gasteiger partial charge in [0.05, 0.1) is 13.2 Å². The number of benzene rings is 3. The maximum Gasteiger partial charge on any atom is 0.236 e. The lowest BCUT2D eigenvalue weighted by Gasteiger charge is -2.39. The van der Waals surface area contributed by atoms with Crippen LogP contribution in [0.4, 0.5) is 0 Å². The fraction of sp³-hybridized carbons (Fsp3) is 0.387. The van der Waals surface area contributed by atoms with Gasteiger partial charge < -0.3 is 9.47 Å². The molecule has 190 valence electrons. The smallest absolute Gasteiger partial charge is 0.236 e. The molecule has 0 saturated carbocycles. The van der Waals surface area contributed by atoms with Gasteiger partial charge in [-0.2, -0.15) is 17.6 Å². The van der Waals surface area contributed by atoms with E-state index in [0.29, 0.717) is 6.42 Å². The van der Waals surface area contributed by atoms with Gasteiger partial charge in [-0.25, -0.2) is 4.79 Å². The molecule has 0 amide bonds. The van der Waals surface area contributed by atoms with Gasteiger partial charge in [0.15, 0.2) is 0 Å². The minimum absolute atomic E-state index is 0.0226. The number of ether oxygens (including phenoxy) is 2. The third-order valence-corrected chi connectivity index (χ3v) is 7.25. The first-order valence-electron chi connectivity index (χ1n) is 12.7. The van der Waals surface area contributed by atoms with Crippen LogP contribution in [0.25, 0.3) is 0 Å². The van der Waals surface area contributed by atoms with Gasteiger partial charge in [0.25, 0.3) is 0 Å². The van der Waals surface area contributed by atoms with E-state index in [9.17, 15) is 4.79 Å². The Hall–Kier alpha value is -2.85. The van der Waals surface area contributed by atoms with E-state index >= 15 is 0 Å². The Kier molecular flexibility index (Phi) is 11.3. The zero-order valence-corrected chi connectivity index (χ0v) is 22.2. The molecule has 3 aromatic rings. The van der Waals surface area contributed by atoms with Crippen LogP contribution in [0.3, 0.4) is 0 Å². The quantitative estimate of drug-likeness (QED) is 0.102. The molecule has 0 aliphatic rings. The number of rotatable bonds is 15. The molecule has 0 spiro atoms. The third kappa shape index (κ3) is 6.88. The Labute approximate surface area is 221 Å². The summed E-state index contributed by atoms with van der Waals surface area (Å²) in [6.07, 6.45) is 8.18. The predicted octanol–water partition coefficient (Wildman–Crippen LogP) is 7.34. The van der Waals surface area contributed by atoms with E-state index in [0.717, 1.165) is 53.9 Å². The molecule has 0 aromatic heterocycles. The van der Waals surface area contributed by atoms with Crippen molar-refractivity contribution in [3.05, 3.63) is 102 Å². The number of carbonyl (C=O) groups excluding carboxylic acids is 1. The van der Waals surface area contributed by atoms with Gasteiger partial charge in [0.1, 0.15) is 11.3 Å². The Morgan fingerprint density at radius 1 is 0.833 bits per heavy atom. The lowest BCUT2D eigenvalue weighted by atomic mass is 9.68. The van der Waals surface area contributed by atoms with Crippen LogP contribution in [0, 0.1) is 0 Å². The van der Waals surface area contributed by atoms with Crippen LogP contribution in [0.2, 0.25) is 0 Å². The predicted molar refractivity (Wildman–Crippen MR) is 150 cm³/mol. The second-order valence-electron chi connectivity index (χ2n) is 9.05. The summed E-state index contributed by atoms with van der Waals surface area (Å²) < 4.78 is 11.4. The van der Waals surface area contributed by atoms with E-state index in [1.807, 2.05) is 78.9 Å². The summed E-state index contributed by atoms with van der Waals surface area (Å²) in [6.45, 7) is 0. The number of methoxy groups -OCH3 is 2. The highest BCUT2D eigenvalue weighted by molar-refractivity contribution is 7.80. The number of thiol groups is 1. The Morgan fingerprint density at radius 3 is 2.03 bits per heavy atom. The van der Waals surface area contributed by atoms with E-state index in [1.54, 1.807) is 14.2 Å². The van der Waals surface area contributed by atoms with Gasteiger partial charge in [-0.15, -0.1) is 0 Å². The average Bonchev–Trinajstić information content (AvgIpc) is 2.94. The SMILES string of the molecule is COc1ccc(C(N=C=O)(c2ccccc2)C(CC(CCCCCCS)OC)c2ccccc2)cc1. The number of hydrogen-bond donors (Lipinski definition) is 1. The molecule has 0 aliphatic carbocycles. The highest BCUT2D eigenvalue weighted by Gasteiger charge is 2.44. The van der Waals surface area contributed by atoms with Gasteiger partial charge in [-0.05, 0) is 53.8 Å². The first-order valence-corrected chi connectivity index (χ1v) is 13.3. The molecule has 5 heteroatoms. The maximum absolute atomic E-state index is 12.1. The summed E-state index contributed by atoms with van der Waals surface area (Å²) in [5.74, 6) is 1.52. The molecule has 0 heterocycles. The van der Waals surface area contributed by atoms with E-state index in [2.05, 4.69) is 29.8 Å². The number of nitrogens with zero attached hydrogens (tertiary/aromatic N) is 1. The van der Waals surface area contributed by atoms with E-state index in [4.69, 9.17) is 9.47 Å². The van der Waals surface area contributed by atoms with Gasteiger partial charge in [0, 0.05) is 13.0 Å². The summed E-state index contributed by atoms with van der Waals surface area (Å²) in [7, 11) is 3.43. The van der Waals surface area contributed by atoms with E-state index in [1.165, 1.54) is 6.42 Å². The molecule has 0 aliphatic heterocycles. The van der Waals surface area contributed by atoms with Crippen molar-refractivity contribution in [2.75, 3.05) is 20.0 Å². The molecular formula is C31H37NO3S. The van der Waals surface area contributed by atoms with Crippen molar-refractivity contribution in [2.24, 2.45) is 4.99 Å². The highest BCUT2D eigenvalue weighted by Crippen LogP contribution is 2.49. The van der Waals surface area contributed by atoms with Gasteiger partial charge in [0.2, 0.25) is 6.08 Å². The Morgan fingerprint density at radius 2 is 1.44 bits per heavy atom. The molecule has 3 unspecified atom stereocenters. The molecular weight excluding hydrogens is 466 g/mol. The first kappa shape index (κ1) is 27.7. The normalized spacial score (nSPS) is 14.3. The number of unbranched alkanes of at least 4 members (excludes halogenated alkanes) is 3. The molecule has 0 saturated heterocycles. The number of isocyanates is 1. The van der Waals surface area contributed by atoms with Crippen molar-refractivity contribution in [1.29, 1.82) is 0 Å². The largest absolute Gasteiger partial charge is 0.497 e. The fourth-order valence-electron chi connectivity index (χ4n) is 5.05. The summed E-state index contributed by atoms with van der Waals surface area (Å²) in [5.41, 5.74) is 1.99. The summed E-state index contributed by atoms with van der Waals surface area (Å²) in [6, 6.07) is 28.2. The standard InChI is InChI=1S/C31H37NO3S/c1-34-28-20-18-27(19-21-28)31(32-24-33,26-15-9-6-10-16-26)30(25-13-7-5-8-14-25)23-29(35-2)17-11-3-4-12-22-36/h5-10,13-16,18-21,29-30,36H,3-4,11-12,17,22-23H2,1-2H3. The van der Waals surface area contributed by atoms with Gasteiger partial charge >= 0.3 is 0 Å². The first-order chi connectivity index (χ1) is 17.7. The van der Waals surface area contributed by atoms with Crippen molar-refractivity contribution in [3.8, 4) is 5.75 Å². The second-order valence-corrected chi connectivity index (χ2v) is 9.49. The van der Waals surface area contributed by atoms with Crippen LogP contribution in [-0.2, 0) is 15.1 Å². The molecule has 3 aromatic carbocycles. The molecule has 0 bridgehead atoms. The van der Waals surface area contributed by atoms with E-state index < -0.39 is 5.54 Å². The Bertz CT molecular complexity index is 1070. The topological polar surface area (TPSA) is 47.9 Å². The van der Waals surface area contributed by atoms with Crippen LogP contribution < -0.4 is 4.74 Å². The van der Waals surface area contributed by atoms with Crippen LogP contribution in [0.15, 0.2) is 89.9 Å². The van der Waals surface area contributed by atoms with Crippen LogP contribution in [-0.4, -0.2) is 32.2 Å². The fourth-order valence-corrected chi connectivity index (χ4v) is 5.27. The number of hydrogen-bond acceptors (Lipinski definition) is 5.